The average Bonchev–Trinajstić information content (AvgIpc) is 3.18. The van der Waals surface area contributed by atoms with Gasteiger partial charge in [-0.25, -0.2) is 0 Å². The summed E-state index contributed by atoms with van der Waals surface area (Å²) < 4.78 is 7.31. The lowest BCUT2D eigenvalue weighted by Gasteiger charge is -2.18. The molecule has 1 aromatic carbocycles. The summed E-state index contributed by atoms with van der Waals surface area (Å²) in [5.41, 5.74) is 4.99. The third-order valence-electron chi connectivity index (χ3n) is 5.25. The number of amides is 1. The van der Waals surface area contributed by atoms with E-state index in [0.29, 0.717) is 24.7 Å². The van der Waals surface area contributed by atoms with Crippen LogP contribution in [0, 0.1) is 5.92 Å². The molecule has 146 valence electrons. The minimum absolute atomic E-state index is 0.0548. The molecular weight excluding hydrogens is 352 g/mol. The summed E-state index contributed by atoms with van der Waals surface area (Å²) in [7, 11) is 1.98. The van der Waals surface area contributed by atoms with Gasteiger partial charge in [-0.15, -0.1) is 0 Å². The Morgan fingerprint density at radius 1 is 1.18 bits per heavy atom. The van der Waals surface area contributed by atoms with E-state index in [1.54, 1.807) is 6.07 Å². The Morgan fingerprint density at radius 2 is 1.93 bits per heavy atom. The summed E-state index contributed by atoms with van der Waals surface area (Å²) in [6.45, 7) is 5.55. The van der Waals surface area contributed by atoms with Crippen molar-refractivity contribution in [2.45, 2.75) is 33.1 Å². The molecule has 0 saturated carbocycles. The van der Waals surface area contributed by atoms with E-state index < -0.39 is 0 Å². The lowest BCUT2D eigenvalue weighted by molar-refractivity contribution is 0.0752. The second-order valence-corrected chi connectivity index (χ2v) is 7.83. The van der Waals surface area contributed by atoms with Crippen LogP contribution in [-0.4, -0.2) is 38.8 Å². The highest BCUT2D eigenvalue weighted by molar-refractivity contribution is 5.92. The maximum Gasteiger partial charge on any atom is 0.276 e. The first-order valence-corrected chi connectivity index (χ1v) is 9.88. The summed E-state index contributed by atoms with van der Waals surface area (Å²) in [5.74, 6) is 1.18. The first kappa shape index (κ1) is 18.5. The Bertz CT molecular complexity index is 972. The number of fused-ring (bicyclic) bond motifs is 1. The fourth-order valence-corrected chi connectivity index (χ4v) is 3.88. The highest BCUT2D eigenvalue weighted by Gasteiger charge is 2.26. The number of carbonyl (C=O) groups is 1. The van der Waals surface area contributed by atoms with Crippen molar-refractivity contribution in [3.8, 4) is 11.3 Å². The molecule has 2 aromatic heterocycles. The number of nitrogens with zero attached hydrogens (tertiary/aromatic N) is 4. The Hall–Kier alpha value is -2.89. The van der Waals surface area contributed by atoms with E-state index in [-0.39, 0.29) is 5.91 Å². The Kier molecular flexibility index (Phi) is 5.03. The van der Waals surface area contributed by atoms with Gasteiger partial charge in [-0.05, 0) is 12.3 Å². The predicted molar refractivity (Wildman–Crippen MR) is 107 cm³/mol. The highest BCUT2D eigenvalue weighted by atomic mass is 16.5. The van der Waals surface area contributed by atoms with Gasteiger partial charge in [0, 0.05) is 55.9 Å². The van der Waals surface area contributed by atoms with Gasteiger partial charge >= 0.3 is 0 Å². The highest BCUT2D eigenvalue weighted by Crippen LogP contribution is 2.28. The van der Waals surface area contributed by atoms with Crippen molar-refractivity contribution in [3.05, 3.63) is 59.1 Å². The molecule has 0 saturated heterocycles. The van der Waals surface area contributed by atoms with Gasteiger partial charge in [0.1, 0.15) is 5.76 Å². The maximum atomic E-state index is 12.9. The minimum Gasteiger partial charge on any atom is -0.361 e. The first-order valence-electron chi connectivity index (χ1n) is 9.88. The molecule has 0 bridgehead atoms. The number of rotatable bonds is 4. The van der Waals surface area contributed by atoms with Crippen LogP contribution in [-0.2, 0) is 26.3 Å². The molecule has 1 amide bonds. The van der Waals surface area contributed by atoms with E-state index in [4.69, 9.17) is 9.62 Å². The zero-order chi connectivity index (χ0) is 19.7. The van der Waals surface area contributed by atoms with Gasteiger partial charge in [-0.1, -0.05) is 49.3 Å². The topological polar surface area (TPSA) is 64.2 Å². The molecule has 3 heterocycles. The maximum absolute atomic E-state index is 12.9. The lowest BCUT2D eigenvalue weighted by Crippen LogP contribution is -2.33. The average molecular weight is 378 g/mol. The Balaban J connectivity index is 1.53. The molecule has 0 radical (unpaired) electrons. The molecule has 0 aliphatic carbocycles. The van der Waals surface area contributed by atoms with Crippen LogP contribution >= 0.6 is 0 Å². The van der Waals surface area contributed by atoms with Crippen LogP contribution < -0.4 is 0 Å². The van der Waals surface area contributed by atoms with Crippen LogP contribution in [0.5, 0.6) is 0 Å². The van der Waals surface area contributed by atoms with E-state index in [9.17, 15) is 4.79 Å². The van der Waals surface area contributed by atoms with Crippen LogP contribution in [0.1, 0.15) is 41.4 Å². The molecule has 1 aliphatic rings. The van der Waals surface area contributed by atoms with Crippen molar-refractivity contribution < 1.29 is 9.32 Å². The fraction of sp³-hybridized carbons (Fsp3) is 0.409. The van der Waals surface area contributed by atoms with Gasteiger partial charge in [0.25, 0.3) is 5.91 Å². The molecule has 3 aromatic rings. The van der Waals surface area contributed by atoms with Crippen molar-refractivity contribution >= 4 is 5.91 Å². The van der Waals surface area contributed by atoms with Gasteiger partial charge in [0.2, 0.25) is 0 Å². The quantitative estimate of drug-likeness (QED) is 0.697. The number of benzene rings is 1. The fourth-order valence-electron chi connectivity index (χ4n) is 3.88. The van der Waals surface area contributed by atoms with Crippen LogP contribution in [0.2, 0.25) is 0 Å². The van der Waals surface area contributed by atoms with Gasteiger partial charge in [-0.3, -0.25) is 9.48 Å². The summed E-state index contributed by atoms with van der Waals surface area (Å²) in [6.07, 6.45) is 2.36. The molecule has 0 atom stereocenters. The molecule has 0 unspecified atom stereocenters. The minimum atomic E-state index is -0.0548. The van der Waals surface area contributed by atoms with Gasteiger partial charge in [0.05, 0.1) is 5.69 Å². The second-order valence-electron chi connectivity index (χ2n) is 7.83. The lowest BCUT2D eigenvalue weighted by atomic mass is 10.0. The predicted octanol–water partition coefficient (Wildman–Crippen LogP) is 3.51. The van der Waals surface area contributed by atoms with E-state index in [2.05, 4.69) is 31.1 Å². The van der Waals surface area contributed by atoms with Crippen molar-refractivity contribution in [3.63, 3.8) is 0 Å². The van der Waals surface area contributed by atoms with E-state index >= 15 is 0 Å². The molecule has 6 nitrogen and oxygen atoms in total. The summed E-state index contributed by atoms with van der Waals surface area (Å²) >= 11 is 0. The molecule has 0 N–H and O–H groups in total. The monoisotopic (exact) mass is 378 g/mol. The third-order valence-corrected chi connectivity index (χ3v) is 5.25. The Labute approximate surface area is 165 Å². The SMILES string of the molecule is CC(C)Cc1cc(C(=O)N2CCc3c(-c4ccccc4)nn(C)c3CC2)no1. The van der Waals surface area contributed by atoms with Crippen molar-refractivity contribution in [2.75, 3.05) is 13.1 Å². The number of hydrogen-bond acceptors (Lipinski definition) is 4. The number of aromatic nitrogens is 3. The van der Waals surface area contributed by atoms with Crippen LogP contribution in [0.4, 0.5) is 0 Å². The Morgan fingerprint density at radius 3 is 2.68 bits per heavy atom. The van der Waals surface area contributed by atoms with Crippen LogP contribution in [0.25, 0.3) is 11.3 Å². The smallest absolute Gasteiger partial charge is 0.276 e. The number of aryl methyl sites for hydroxylation is 1. The van der Waals surface area contributed by atoms with Crippen molar-refractivity contribution in [1.82, 2.24) is 19.8 Å². The number of carbonyl (C=O) groups excluding carboxylic acids is 1. The molecule has 28 heavy (non-hydrogen) atoms. The van der Waals surface area contributed by atoms with Crippen LogP contribution in [0.3, 0.4) is 0 Å². The van der Waals surface area contributed by atoms with Crippen molar-refractivity contribution in [2.24, 2.45) is 13.0 Å². The summed E-state index contributed by atoms with van der Waals surface area (Å²) in [5, 5.41) is 8.76. The zero-order valence-corrected chi connectivity index (χ0v) is 16.7. The van der Waals surface area contributed by atoms with Gasteiger partial charge in [0.15, 0.2) is 5.69 Å². The standard InChI is InChI=1S/C22H26N4O2/c1-15(2)13-17-14-19(24-28-17)22(27)26-11-9-18-20(10-12-26)25(3)23-21(18)16-7-5-4-6-8-16/h4-8,14-15H,9-13H2,1-3H3. The normalized spacial score (nSPS) is 14.2. The number of hydrogen-bond donors (Lipinski definition) is 0. The summed E-state index contributed by atoms with van der Waals surface area (Å²) in [6, 6.07) is 12.0. The first-order chi connectivity index (χ1) is 13.5. The van der Waals surface area contributed by atoms with Gasteiger partial charge in [-0.2, -0.15) is 5.10 Å². The molecular formula is C22H26N4O2. The third kappa shape index (κ3) is 3.59. The van der Waals surface area contributed by atoms with Crippen molar-refractivity contribution in [1.29, 1.82) is 0 Å². The van der Waals surface area contributed by atoms with E-state index in [1.807, 2.05) is 34.8 Å². The second kappa shape index (κ2) is 7.62. The molecule has 4 rings (SSSR count). The van der Waals surface area contributed by atoms with E-state index in [1.165, 1.54) is 11.3 Å². The molecule has 0 spiro atoms. The zero-order valence-electron chi connectivity index (χ0n) is 16.7. The summed E-state index contributed by atoms with van der Waals surface area (Å²) in [4.78, 5) is 14.8. The van der Waals surface area contributed by atoms with E-state index in [0.717, 1.165) is 36.3 Å². The van der Waals surface area contributed by atoms with Crippen LogP contribution in [0.15, 0.2) is 40.9 Å². The molecule has 1 aliphatic heterocycles. The largest absolute Gasteiger partial charge is 0.361 e. The van der Waals surface area contributed by atoms with Gasteiger partial charge < -0.3 is 9.42 Å². The molecule has 0 fully saturated rings. The molecule has 6 heteroatoms.